The summed E-state index contributed by atoms with van der Waals surface area (Å²) in [6, 6.07) is 10.3. The van der Waals surface area contributed by atoms with Crippen LogP contribution in [0.2, 0.25) is 5.02 Å². The van der Waals surface area contributed by atoms with Crippen LogP contribution in [0.5, 0.6) is 5.75 Å². The quantitative estimate of drug-likeness (QED) is 0.753. The van der Waals surface area contributed by atoms with Crippen LogP contribution < -0.4 is 10.1 Å². The van der Waals surface area contributed by atoms with Gasteiger partial charge in [-0.3, -0.25) is 9.59 Å². The van der Waals surface area contributed by atoms with Crippen LogP contribution in [-0.4, -0.2) is 35.1 Å². The van der Waals surface area contributed by atoms with E-state index in [1.807, 2.05) is 19.1 Å². The van der Waals surface area contributed by atoms with Crippen molar-refractivity contribution in [3.05, 3.63) is 58.9 Å². The molecule has 0 radical (unpaired) electrons. The molecule has 0 saturated carbocycles. The third-order valence-electron chi connectivity index (χ3n) is 3.53. The number of carboxylic acid groups (broad SMARTS) is 1. The average molecular weight is 363 g/mol. The van der Waals surface area contributed by atoms with Crippen molar-refractivity contribution in [3.63, 3.8) is 0 Å². The zero-order chi connectivity index (χ0) is 18.2. The molecule has 0 aliphatic heterocycles. The number of aliphatic carboxylic acids is 1. The van der Waals surface area contributed by atoms with Crippen LogP contribution in [0, 0.1) is 5.92 Å². The first-order valence-electron chi connectivity index (χ1n) is 7.84. The van der Waals surface area contributed by atoms with E-state index < -0.39 is 17.8 Å². The number of ether oxygens (including phenoxy) is 1. The van der Waals surface area contributed by atoms with Gasteiger partial charge >= 0.3 is 5.97 Å². The number of hydrogen-bond donors (Lipinski definition) is 2. The molecule has 132 valence electrons. The SMILES string of the molecule is CCOc1ccc(CC(CNC(=O)c2ccc(Cl)cn2)C(=O)O)cc1. The van der Waals surface area contributed by atoms with Gasteiger partial charge in [-0.05, 0) is 43.2 Å². The molecule has 0 saturated heterocycles. The largest absolute Gasteiger partial charge is 0.494 e. The number of benzene rings is 1. The third kappa shape index (κ3) is 5.76. The van der Waals surface area contributed by atoms with Crippen LogP contribution in [0.4, 0.5) is 0 Å². The number of rotatable bonds is 8. The van der Waals surface area contributed by atoms with E-state index in [4.69, 9.17) is 16.3 Å². The summed E-state index contributed by atoms with van der Waals surface area (Å²) in [6.45, 7) is 2.47. The van der Waals surface area contributed by atoms with Crippen molar-refractivity contribution in [1.29, 1.82) is 0 Å². The summed E-state index contributed by atoms with van der Waals surface area (Å²) in [5.41, 5.74) is 1.05. The molecule has 2 rings (SSSR count). The summed E-state index contributed by atoms with van der Waals surface area (Å²) in [5, 5.41) is 12.4. The summed E-state index contributed by atoms with van der Waals surface area (Å²) < 4.78 is 5.36. The summed E-state index contributed by atoms with van der Waals surface area (Å²) in [4.78, 5) is 27.4. The Morgan fingerprint density at radius 3 is 2.52 bits per heavy atom. The zero-order valence-electron chi connectivity index (χ0n) is 13.7. The molecule has 1 aromatic heterocycles. The van der Waals surface area contributed by atoms with E-state index in [2.05, 4.69) is 10.3 Å². The minimum atomic E-state index is -0.974. The topological polar surface area (TPSA) is 88.5 Å². The number of nitrogens with zero attached hydrogens (tertiary/aromatic N) is 1. The summed E-state index contributed by atoms with van der Waals surface area (Å²) >= 11 is 5.73. The molecule has 1 atom stereocenters. The van der Waals surface area contributed by atoms with Crippen LogP contribution in [0.1, 0.15) is 23.0 Å². The van der Waals surface area contributed by atoms with Crippen molar-refractivity contribution in [2.24, 2.45) is 5.92 Å². The number of amides is 1. The van der Waals surface area contributed by atoms with E-state index in [0.717, 1.165) is 11.3 Å². The average Bonchev–Trinajstić information content (AvgIpc) is 2.60. The molecule has 0 fully saturated rings. The van der Waals surface area contributed by atoms with Gasteiger partial charge in [-0.25, -0.2) is 4.98 Å². The second-order valence-electron chi connectivity index (χ2n) is 5.39. The Bertz CT molecular complexity index is 717. The van der Waals surface area contributed by atoms with Crippen LogP contribution in [-0.2, 0) is 11.2 Å². The van der Waals surface area contributed by atoms with Gasteiger partial charge in [0.2, 0.25) is 0 Å². The van der Waals surface area contributed by atoms with E-state index in [0.29, 0.717) is 18.1 Å². The maximum Gasteiger partial charge on any atom is 0.308 e. The van der Waals surface area contributed by atoms with Crippen molar-refractivity contribution in [2.75, 3.05) is 13.2 Å². The Balaban J connectivity index is 1.95. The number of carbonyl (C=O) groups excluding carboxylic acids is 1. The normalized spacial score (nSPS) is 11.6. The van der Waals surface area contributed by atoms with Crippen molar-refractivity contribution in [2.45, 2.75) is 13.3 Å². The maximum absolute atomic E-state index is 12.0. The Morgan fingerprint density at radius 2 is 1.96 bits per heavy atom. The van der Waals surface area contributed by atoms with Crippen LogP contribution in [0.25, 0.3) is 0 Å². The first-order chi connectivity index (χ1) is 12.0. The number of carboxylic acids is 1. The van der Waals surface area contributed by atoms with Crippen molar-refractivity contribution >= 4 is 23.5 Å². The van der Waals surface area contributed by atoms with Gasteiger partial charge in [0.15, 0.2) is 0 Å². The smallest absolute Gasteiger partial charge is 0.308 e. The molecule has 1 aromatic carbocycles. The Kier molecular flexibility index (Phi) is 6.77. The zero-order valence-corrected chi connectivity index (χ0v) is 14.5. The van der Waals surface area contributed by atoms with E-state index >= 15 is 0 Å². The fourth-order valence-corrected chi connectivity index (χ4v) is 2.35. The fraction of sp³-hybridized carbons (Fsp3) is 0.278. The van der Waals surface area contributed by atoms with E-state index in [-0.39, 0.29) is 12.2 Å². The van der Waals surface area contributed by atoms with Crippen LogP contribution in [0.3, 0.4) is 0 Å². The Labute approximate surface area is 150 Å². The molecule has 7 heteroatoms. The van der Waals surface area contributed by atoms with Crippen molar-refractivity contribution in [3.8, 4) is 5.75 Å². The highest BCUT2D eigenvalue weighted by atomic mass is 35.5. The number of pyridine rings is 1. The first kappa shape index (κ1) is 18.7. The molecule has 1 amide bonds. The van der Waals surface area contributed by atoms with Gasteiger partial charge in [0.1, 0.15) is 11.4 Å². The van der Waals surface area contributed by atoms with Gasteiger partial charge in [-0.2, -0.15) is 0 Å². The van der Waals surface area contributed by atoms with Gasteiger partial charge < -0.3 is 15.2 Å². The predicted octanol–water partition coefficient (Wildman–Crippen LogP) is 2.81. The lowest BCUT2D eigenvalue weighted by atomic mass is 9.99. The number of halogens is 1. The molecule has 6 nitrogen and oxygen atoms in total. The molecule has 1 unspecified atom stereocenters. The second kappa shape index (κ2) is 9.03. The minimum Gasteiger partial charge on any atom is -0.494 e. The summed E-state index contributed by atoms with van der Waals surface area (Å²) in [6.07, 6.45) is 1.67. The highest BCUT2D eigenvalue weighted by Gasteiger charge is 2.19. The molecule has 25 heavy (non-hydrogen) atoms. The van der Waals surface area contributed by atoms with Gasteiger partial charge in [0.25, 0.3) is 5.91 Å². The van der Waals surface area contributed by atoms with Crippen LogP contribution >= 0.6 is 11.6 Å². The molecule has 2 aromatic rings. The minimum absolute atomic E-state index is 0.00564. The molecule has 0 spiro atoms. The van der Waals surface area contributed by atoms with Crippen LogP contribution in [0.15, 0.2) is 42.6 Å². The highest BCUT2D eigenvalue weighted by molar-refractivity contribution is 6.30. The lowest BCUT2D eigenvalue weighted by Gasteiger charge is -2.14. The molecule has 0 aliphatic rings. The van der Waals surface area contributed by atoms with Gasteiger partial charge in [0, 0.05) is 12.7 Å². The monoisotopic (exact) mass is 362 g/mol. The number of nitrogens with one attached hydrogen (secondary N) is 1. The van der Waals surface area contributed by atoms with E-state index in [9.17, 15) is 14.7 Å². The molecule has 0 bridgehead atoms. The van der Waals surface area contributed by atoms with Gasteiger partial charge in [0.05, 0.1) is 17.5 Å². The number of hydrogen-bond acceptors (Lipinski definition) is 4. The molecule has 1 heterocycles. The van der Waals surface area contributed by atoms with Gasteiger partial charge in [-0.1, -0.05) is 23.7 Å². The highest BCUT2D eigenvalue weighted by Crippen LogP contribution is 2.15. The second-order valence-corrected chi connectivity index (χ2v) is 5.82. The lowest BCUT2D eigenvalue weighted by molar-refractivity contribution is -0.141. The predicted molar refractivity (Wildman–Crippen MR) is 94.0 cm³/mol. The molecular weight excluding hydrogens is 344 g/mol. The van der Waals surface area contributed by atoms with E-state index in [1.165, 1.54) is 12.3 Å². The van der Waals surface area contributed by atoms with Crippen molar-refractivity contribution in [1.82, 2.24) is 10.3 Å². The summed E-state index contributed by atoms with van der Waals surface area (Å²) in [7, 11) is 0. The molecule has 2 N–H and O–H groups in total. The number of carbonyl (C=O) groups is 2. The Hall–Kier alpha value is -2.60. The number of aromatic nitrogens is 1. The third-order valence-corrected chi connectivity index (χ3v) is 3.76. The molecular formula is C18H19ClN2O4. The summed E-state index contributed by atoms with van der Waals surface area (Å²) in [5.74, 6) is -1.41. The fourth-order valence-electron chi connectivity index (χ4n) is 2.24. The first-order valence-corrected chi connectivity index (χ1v) is 8.21. The van der Waals surface area contributed by atoms with Crippen molar-refractivity contribution < 1.29 is 19.4 Å². The Morgan fingerprint density at radius 1 is 1.24 bits per heavy atom. The van der Waals surface area contributed by atoms with Gasteiger partial charge in [-0.15, -0.1) is 0 Å². The maximum atomic E-state index is 12.0. The molecule has 0 aliphatic carbocycles. The lowest BCUT2D eigenvalue weighted by Crippen LogP contribution is -2.34. The standard InChI is InChI=1S/C18H19ClN2O4/c1-2-25-15-6-3-12(4-7-15)9-13(18(23)24)10-21-17(22)16-8-5-14(19)11-20-16/h3-8,11,13H,2,9-10H2,1H3,(H,21,22)(H,23,24). The van der Waals surface area contributed by atoms with E-state index in [1.54, 1.807) is 18.2 Å².